The Balaban J connectivity index is 1.90. The summed E-state index contributed by atoms with van der Waals surface area (Å²) in [6, 6.07) is 0. The van der Waals surface area contributed by atoms with E-state index in [2.05, 4.69) is 26.8 Å². The molecule has 0 radical (unpaired) electrons. The van der Waals surface area contributed by atoms with Gasteiger partial charge in [-0.05, 0) is 12.8 Å². The molecule has 92 valence electrons. The minimum atomic E-state index is 0.564. The largest absolute Gasteiger partial charge is 0.381 e. The summed E-state index contributed by atoms with van der Waals surface area (Å²) in [6.07, 6.45) is 8.56. The first-order valence-electron chi connectivity index (χ1n) is 5.95. The maximum Gasteiger partial charge on any atom is 0.169 e. The Morgan fingerprint density at radius 2 is 2.24 bits per heavy atom. The number of nitrogen functional groups attached to an aromatic ring is 1. The first kappa shape index (κ1) is 11.6. The van der Waals surface area contributed by atoms with Crippen LogP contribution in [-0.2, 0) is 19.5 Å². The number of imidazole rings is 1. The van der Waals surface area contributed by atoms with Crippen LogP contribution in [0.25, 0.3) is 0 Å². The van der Waals surface area contributed by atoms with Crippen molar-refractivity contribution in [1.82, 2.24) is 24.5 Å². The Morgan fingerprint density at radius 1 is 1.35 bits per heavy atom. The molecule has 0 atom stereocenters. The molecule has 0 unspecified atom stereocenters. The van der Waals surface area contributed by atoms with Gasteiger partial charge in [-0.3, -0.25) is 0 Å². The Hall–Kier alpha value is -1.85. The maximum absolute atomic E-state index is 5.78. The summed E-state index contributed by atoms with van der Waals surface area (Å²) in [5.41, 5.74) is 6.84. The van der Waals surface area contributed by atoms with Crippen LogP contribution in [0.15, 0.2) is 18.7 Å². The lowest BCUT2D eigenvalue weighted by Crippen LogP contribution is -2.08. The first-order valence-corrected chi connectivity index (χ1v) is 5.95. The number of anilines is 1. The lowest BCUT2D eigenvalue weighted by atomic mass is 10.2. The molecule has 0 saturated heterocycles. The van der Waals surface area contributed by atoms with Crippen LogP contribution < -0.4 is 5.73 Å². The molecule has 0 saturated carbocycles. The van der Waals surface area contributed by atoms with E-state index in [0.717, 1.165) is 38.0 Å². The van der Waals surface area contributed by atoms with Crippen molar-refractivity contribution in [1.29, 1.82) is 0 Å². The number of hydrogen-bond acceptors (Lipinski definition) is 4. The number of aromatic nitrogens is 5. The highest BCUT2D eigenvalue weighted by Gasteiger charge is 2.08. The van der Waals surface area contributed by atoms with E-state index in [-0.39, 0.29) is 0 Å². The molecule has 2 rings (SSSR count). The van der Waals surface area contributed by atoms with Crippen LogP contribution in [0.3, 0.4) is 0 Å². The van der Waals surface area contributed by atoms with Crippen molar-refractivity contribution >= 4 is 5.82 Å². The fourth-order valence-corrected chi connectivity index (χ4v) is 1.84. The minimum absolute atomic E-state index is 0.564. The molecule has 0 bridgehead atoms. The lowest BCUT2D eigenvalue weighted by Gasteiger charge is -2.06. The van der Waals surface area contributed by atoms with Gasteiger partial charge in [-0.15, -0.1) is 5.10 Å². The third-order valence-corrected chi connectivity index (χ3v) is 2.70. The highest BCUT2D eigenvalue weighted by molar-refractivity contribution is 5.32. The van der Waals surface area contributed by atoms with Gasteiger partial charge in [-0.25, -0.2) is 9.67 Å². The van der Waals surface area contributed by atoms with Crippen LogP contribution in [0.2, 0.25) is 0 Å². The first-order chi connectivity index (χ1) is 8.31. The van der Waals surface area contributed by atoms with Gasteiger partial charge in [0.25, 0.3) is 0 Å². The third-order valence-electron chi connectivity index (χ3n) is 2.70. The summed E-state index contributed by atoms with van der Waals surface area (Å²) in [4.78, 5) is 4.01. The second-order valence-corrected chi connectivity index (χ2v) is 4.05. The molecule has 0 spiro atoms. The highest BCUT2D eigenvalue weighted by Crippen LogP contribution is 2.10. The fourth-order valence-electron chi connectivity index (χ4n) is 1.84. The second-order valence-electron chi connectivity index (χ2n) is 4.05. The van der Waals surface area contributed by atoms with Crippen LogP contribution in [0.5, 0.6) is 0 Å². The van der Waals surface area contributed by atoms with Gasteiger partial charge in [-0.1, -0.05) is 18.6 Å². The van der Waals surface area contributed by atoms with Crippen LogP contribution in [0.1, 0.15) is 25.5 Å². The molecule has 0 fully saturated rings. The fraction of sp³-hybridized carbons (Fsp3) is 0.545. The molecule has 0 aliphatic rings. The van der Waals surface area contributed by atoms with E-state index >= 15 is 0 Å². The van der Waals surface area contributed by atoms with Crippen molar-refractivity contribution in [3.8, 4) is 0 Å². The van der Waals surface area contributed by atoms with Crippen LogP contribution in [0.4, 0.5) is 5.82 Å². The molecule has 2 N–H and O–H groups in total. The average Bonchev–Trinajstić information content (AvgIpc) is 2.93. The monoisotopic (exact) mass is 234 g/mol. The van der Waals surface area contributed by atoms with E-state index in [0.29, 0.717) is 5.82 Å². The van der Waals surface area contributed by atoms with E-state index in [4.69, 9.17) is 5.73 Å². The van der Waals surface area contributed by atoms with Crippen molar-refractivity contribution in [3.05, 3.63) is 24.4 Å². The molecule has 2 aromatic rings. The number of hydrogen-bond donors (Lipinski definition) is 1. The number of rotatable bonds is 6. The van der Waals surface area contributed by atoms with Gasteiger partial charge < -0.3 is 10.3 Å². The second kappa shape index (κ2) is 5.47. The Labute approximate surface area is 100 Å². The lowest BCUT2D eigenvalue weighted by molar-refractivity contribution is 0.499. The van der Waals surface area contributed by atoms with Crippen molar-refractivity contribution < 1.29 is 0 Å². The predicted molar refractivity (Wildman–Crippen MR) is 65.3 cm³/mol. The van der Waals surface area contributed by atoms with Crippen molar-refractivity contribution in [2.24, 2.45) is 0 Å². The molecular formula is C11H18N6. The zero-order valence-electron chi connectivity index (χ0n) is 10.1. The average molecular weight is 234 g/mol. The van der Waals surface area contributed by atoms with E-state index < -0.39 is 0 Å². The van der Waals surface area contributed by atoms with Crippen molar-refractivity contribution in [2.75, 3.05) is 5.73 Å². The molecule has 6 heteroatoms. The summed E-state index contributed by atoms with van der Waals surface area (Å²) in [7, 11) is 0. The van der Waals surface area contributed by atoms with Gasteiger partial charge in [0.05, 0.1) is 12.0 Å². The molecule has 0 aliphatic heterocycles. The Bertz CT molecular complexity index is 444. The number of aryl methyl sites for hydroxylation is 2. The van der Waals surface area contributed by atoms with Gasteiger partial charge in [0.15, 0.2) is 5.82 Å². The van der Waals surface area contributed by atoms with Gasteiger partial charge in [0.1, 0.15) is 0 Å². The standard InChI is InChI=1S/C11H18N6/c1-2-4-10-11(12)14-15-17(10)7-3-6-16-8-5-13-9-16/h5,8-9H,2-4,6-7,12H2,1H3. The molecule has 2 aromatic heterocycles. The van der Waals surface area contributed by atoms with Gasteiger partial charge >= 0.3 is 0 Å². The number of nitrogens with zero attached hydrogens (tertiary/aromatic N) is 5. The smallest absolute Gasteiger partial charge is 0.169 e. The van der Waals surface area contributed by atoms with Gasteiger partial charge in [0.2, 0.25) is 0 Å². The van der Waals surface area contributed by atoms with Crippen LogP contribution in [0, 0.1) is 0 Å². The summed E-state index contributed by atoms with van der Waals surface area (Å²) in [5.74, 6) is 0.564. The van der Waals surface area contributed by atoms with E-state index in [1.807, 2.05) is 17.2 Å². The normalized spacial score (nSPS) is 10.9. The number of nitrogens with two attached hydrogens (primary N) is 1. The zero-order chi connectivity index (χ0) is 12.1. The summed E-state index contributed by atoms with van der Waals surface area (Å²) in [6.45, 7) is 3.91. The van der Waals surface area contributed by atoms with Crippen LogP contribution in [-0.4, -0.2) is 24.5 Å². The van der Waals surface area contributed by atoms with Crippen molar-refractivity contribution in [3.63, 3.8) is 0 Å². The molecule has 0 aromatic carbocycles. The molecule has 17 heavy (non-hydrogen) atoms. The molecule has 0 amide bonds. The Kier molecular flexibility index (Phi) is 3.74. The Morgan fingerprint density at radius 3 is 2.94 bits per heavy atom. The quantitative estimate of drug-likeness (QED) is 0.812. The van der Waals surface area contributed by atoms with E-state index in [1.54, 1.807) is 6.20 Å². The maximum atomic E-state index is 5.78. The predicted octanol–water partition coefficient (Wildman–Crippen LogP) is 1.10. The van der Waals surface area contributed by atoms with Crippen molar-refractivity contribution in [2.45, 2.75) is 39.3 Å². The highest BCUT2D eigenvalue weighted by atomic mass is 15.4. The van der Waals surface area contributed by atoms with Gasteiger partial charge in [0, 0.05) is 25.5 Å². The van der Waals surface area contributed by atoms with Crippen LogP contribution >= 0.6 is 0 Å². The summed E-state index contributed by atoms with van der Waals surface area (Å²) >= 11 is 0. The SMILES string of the molecule is CCCc1c(N)nnn1CCCn1ccnc1. The molecule has 6 nitrogen and oxygen atoms in total. The summed E-state index contributed by atoms with van der Waals surface area (Å²) < 4.78 is 3.97. The van der Waals surface area contributed by atoms with Gasteiger partial charge in [-0.2, -0.15) is 0 Å². The third kappa shape index (κ3) is 2.83. The molecule has 2 heterocycles. The zero-order valence-corrected chi connectivity index (χ0v) is 10.1. The molecule has 0 aliphatic carbocycles. The molecular weight excluding hydrogens is 216 g/mol. The minimum Gasteiger partial charge on any atom is -0.381 e. The van der Waals surface area contributed by atoms with E-state index in [9.17, 15) is 0 Å². The topological polar surface area (TPSA) is 74.5 Å². The summed E-state index contributed by atoms with van der Waals surface area (Å²) in [5, 5.41) is 7.99. The van der Waals surface area contributed by atoms with E-state index in [1.165, 1.54) is 0 Å².